The van der Waals surface area contributed by atoms with Gasteiger partial charge in [-0.3, -0.25) is 0 Å². The molecule has 100 valence electrons. The van der Waals surface area contributed by atoms with Gasteiger partial charge in [-0.2, -0.15) is 0 Å². The minimum Gasteiger partial charge on any atom is -0.389 e. The Kier molecular flexibility index (Phi) is 3.80. The van der Waals surface area contributed by atoms with Crippen LogP contribution in [0.4, 0.5) is 0 Å². The summed E-state index contributed by atoms with van der Waals surface area (Å²) >= 11 is 0. The van der Waals surface area contributed by atoms with E-state index in [0.29, 0.717) is 13.0 Å². The van der Waals surface area contributed by atoms with Crippen LogP contribution >= 0.6 is 0 Å². The summed E-state index contributed by atoms with van der Waals surface area (Å²) in [7, 11) is -2.91. The summed E-state index contributed by atoms with van der Waals surface area (Å²) in [5.41, 5.74) is -0.516. The molecule has 0 aliphatic heterocycles. The zero-order chi connectivity index (χ0) is 12.5. The van der Waals surface area contributed by atoms with Crippen LogP contribution in [0.1, 0.15) is 44.9 Å². The molecule has 2 fully saturated rings. The second-order valence-electron chi connectivity index (χ2n) is 5.77. The molecule has 2 N–H and O–H groups in total. The highest BCUT2D eigenvalue weighted by molar-refractivity contribution is 7.91. The summed E-state index contributed by atoms with van der Waals surface area (Å²) in [5, 5.41) is 13.1. The Labute approximate surface area is 104 Å². The molecule has 2 rings (SSSR count). The Bertz CT molecular complexity index is 362. The number of rotatable bonds is 4. The number of sulfone groups is 1. The summed E-state index contributed by atoms with van der Waals surface area (Å²) in [6, 6.07) is 0.257. The fourth-order valence-electron chi connectivity index (χ4n) is 2.82. The molecule has 0 spiro atoms. The Balaban J connectivity index is 1.81. The van der Waals surface area contributed by atoms with Gasteiger partial charge in [-0.15, -0.1) is 0 Å². The van der Waals surface area contributed by atoms with E-state index in [2.05, 4.69) is 5.32 Å². The number of hydrogen-bond donors (Lipinski definition) is 2. The van der Waals surface area contributed by atoms with E-state index in [1.807, 2.05) is 0 Å². The summed E-state index contributed by atoms with van der Waals surface area (Å²) in [6.45, 7) is 0.619. The van der Waals surface area contributed by atoms with Gasteiger partial charge in [0.2, 0.25) is 0 Å². The molecule has 0 heterocycles. The molecule has 5 heteroatoms. The highest BCUT2D eigenvalue weighted by Gasteiger charge is 2.35. The van der Waals surface area contributed by atoms with Crippen molar-refractivity contribution < 1.29 is 13.5 Å². The minimum absolute atomic E-state index is 0.190. The molecule has 0 amide bonds. The highest BCUT2D eigenvalue weighted by atomic mass is 32.2. The smallest absolute Gasteiger partial charge is 0.150 e. The minimum atomic E-state index is -2.91. The van der Waals surface area contributed by atoms with Crippen molar-refractivity contribution >= 4 is 9.84 Å². The molecule has 0 saturated heterocycles. The van der Waals surface area contributed by atoms with E-state index in [0.717, 1.165) is 38.5 Å². The Morgan fingerprint density at radius 3 is 2.53 bits per heavy atom. The van der Waals surface area contributed by atoms with Gasteiger partial charge in [-0.05, 0) is 38.5 Å². The molecule has 17 heavy (non-hydrogen) atoms. The molecule has 0 aromatic carbocycles. The van der Waals surface area contributed by atoms with E-state index >= 15 is 0 Å². The topological polar surface area (TPSA) is 66.4 Å². The van der Waals surface area contributed by atoms with Crippen molar-refractivity contribution in [3.05, 3.63) is 0 Å². The maximum atomic E-state index is 11.5. The molecule has 0 bridgehead atoms. The van der Waals surface area contributed by atoms with Crippen molar-refractivity contribution in [1.29, 1.82) is 0 Å². The van der Waals surface area contributed by atoms with Crippen LogP contribution in [0, 0.1) is 0 Å². The average molecular weight is 261 g/mol. The lowest BCUT2D eigenvalue weighted by Crippen LogP contribution is -2.50. The lowest BCUT2D eigenvalue weighted by atomic mass is 9.80. The monoisotopic (exact) mass is 261 g/mol. The van der Waals surface area contributed by atoms with Gasteiger partial charge in [-0.1, -0.05) is 6.42 Å². The van der Waals surface area contributed by atoms with Crippen molar-refractivity contribution in [1.82, 2.24) is 5.32 Å². The highest BCUT2D eigenvalue weighted by Crippen LogP contribution is 2.31. The van der Waals surface area contributed by atoms with Gasteiger partial charge in [0.25, 0.3) is 0 Å². The fourth-order valence-corrected chi connectivity index (χ4v) is 3.99. The molecule has 2 saturated carbocycles. The summed E-state index contributed by atoms with van der Waals surface area (Å²) in [5.74, 6) is 0. The first kappa shape index (κ1) is 13.3. The van der Waals surface area contributed by atoms with Crippen LogP contribution in [0.2, 0.25) is 0 Å². The third-order valence-electron chi connectivity index (χ3n) is 4.24. The van der Waals surface area contributed by atoms with Gasteiger partial charge in [-0.25, -0.2) is 8.42 Å². The molecular weight excluding hydrogens is 238 g/mol. The van der Waals surface area contributed by atoms with Crippen molar-refractivity contribution in [3.63, 3.8) is 0 Å². The normalized spacial score (nSPS) is 33.1. The van der Waals surface area contributed by atoms with E-state index < -0.39 is 15.4 Å². The molecule has 4 nitrogen and oxygen atoms in total. The lowest BCUT2D eigenvalue weighted by Gasteiger charge is -2.39. The van der Waals surface area contributed by atoms with Crippen LogP contribution in [0.15, 0.2) is 0 Å². The summed E-state index contributed by atoms with van der Waals surface area (Å²) in [6.07, 6.45) is 7.69. The first-order chi connectivity index (χ1) is 7.89. The SMILES string of the molecule is CS(=O)(=O)C1CCCC(NCC2(O)CCC2)C1. The van der Waals surface area contributed by atoms with Gasteiger partial charge in [0.1, 0.15) is 9.84 Å². The van der Waals surface area contributed by atoms with Crippen LogP contribution in [-0.4, -0.2) is 43.2 Å². The van der Waals surface area contributed by atoms with Crippen LogP contribution in [0.3, 0.4) is 0 Å². The van der Waals surface area contributed by atoms with Crippen molar-refractivity contribution in [3.8, 4) is 0 Å². The zero-order valence-electron chi connectivity index (χ0n) is 10.5. The predicted molar refractivity (Wildman–Crippen MR) is 67.7 cm³/mol. The largest absolute Gasteiger partial charge is 0.389 e. The van der Waals surface area contributed by atoms with E-state index in [9.17, 15) is 13.5 Å². The van der Waals surface area contributed by atoms with Gasteiger partial charge >= 0.3 is 0 Å². The first-order valence-corrected chi connectivity index (χ1v) is 8.49. The maximum absolute atomic E-state index is 11.5. The Hall–Kier alpha value is -0.130. The van der Waals surface area contributed by atoms with E-state index in [1.54, 1.807) is 0 Å². The standard InChI is InChI=1S/C12H23NO3S/c1-17(15,16)11-5-2-4-10(8-11)13-9-12(14)6-3-7-12/h10-11,13-14H,2-9H2,1H3. The molecule has 2 aliphatic carbocycles. The predicted octanol–water partition coefficient (Wildman–Crippen LogP) is 0.847. The van der Waals surface area contributed by atoms with Crippen molar-refractivity contribution in [2.45, 2.75) is 61.8 Å². The van der Waals surface area contributed by atoms with Crippen molar-refractivity contribution in [2.75, 3.05) is 12.8 Å². The van der Waals surface area contributed by atoms with Crippen LogP contribution in [-0.2, 0) is 9.84 Å². The van der Waals surface area contributed by atoms with Crippen LogP contribution < -0.4 is 5.32 Å². The maximum Gasteiger partial charge on any atom is 0.150 e. The zero-order valence-corrected chi connectivity index (χ0v) is 11.3. The van der Waals surface area contributed by atoms with Gasteiger partial charge in [0.15, 0.2) is 0 Å². The fraction of sp³-hybridized carbons (Fsp3) is 1.00. The quantitative estimate of drug-likeness (QED) is 0.787. The Morgan fingerprint density at radius 2 is 2.00 bits per heavy atom. The number of hydrogen-bond acceptors (Lipinski definition) is 4. The van der Waals surface area contributed by atoms with E-state index in [4.69, 9.17) is 0 Å². The molecule has 2 aliphatic rings. The van der Waals surface area contributed by atoms with E-state index in [-0.39, 0.29) is 11.3 Å². The summed E-state index contributed by atoms with van der Waals surface area (Å²) < 4.78 is 23.0. The molecule has 2 unspecified atom stereocenters. The molecule has 0 aromatic heterocycles. The second kappa shape index (κ2) is 4.86. The molecule has 2 atom stereocenters. The first-order valence-electron chi connectivity index (χ1n) is 6.54. The van der Waals surface area contributed by atoms with Crippen molar-refractivity contribution in [2.24, 2.45) is 0 Å². The van der Waals surface area contributed by atoms with Crippen LogP contribution in [0.25, 0.3) is 0 Å². The van der Waals surface area contributed by atoms with Gasteiger partial charge in [0.05, 0.1) is 10.9 Å². The average Bonchev–Trinajstić information content (AvgIpc) is 2.23. The molecule has 0 radical (unpaired) electrons. The second-order valence-corrected chi connectivity index (χ2v) is 8.10. The lowest BCUT2D eigenvalue weighted by molar-refractivity contribution is -0.0338. The molecule has 0 aromatic rings. The number of nitrogens with one attached hydrogen (secondary N) is 1. The number of aliphatic hydroxyl groups is 1. The third-order valence-corrected chi connectivity index (χ3v) is 5.87. The van der Waals surface area contributed by atoms with E-state index in [1.165, 1.54) is 6.26 Å². The van der Waals surface area contributed by atoms with Gasteiger partial charge < -0.3 is 10.4 Å². The Morgan fingerprint density at radius 1 is 1.29 bits per heavy atom. The van der Waals surface area contributed by atoms with Crippen LogP contribution in [0.5, 0.6) is 0 Å². The van der Waals surface area contributed by atoms with Gasteiger partial charge in [0, 0.05) is 18.8 Å². The molecular formula is C12H23NO3S. The summed E-state index contributed by atoms with van der Waals surface area (Å²) in [4.78, 5) is 0. The third kappa shape index (κ3) is 3.42.